The van der Waals surface area contributed by atoms with Gasteiger partial charge in [-0.2, -0.15) is 0 Å². The number of rotatable bonds is 4. The molecule has 2 fully saturated rings. The number of piperidine rings is 1. The summed E-state index contributed by atoms with van der Waals surface area (Å²) in [4.78, 5) is 6.92. The standard InChI is InChI=1S/C20H31N3O/c1-16-15-23(13-11-19(16)17-7-4-3-5-8-17)20(21-2)22-12-10-18-9-6-14-24-18/h3-5,7-8,16,18-19H,6,9-15H2,1-2H3,(H,21,22). The van der Waals surface area contributed by atoms with Gasteiger partial charge in [0.1, 0.15) is 0 Å². The van der Waals surface area contributed by atoms with Crippen molar-refractivity contribution in [3.05, 3.63) is 35.9 Å². The Kier molecular flexibility index (Phi) is 6.13. The van der Waals surface area contributed by atoms with Gasteiger partial charge in [-0.1, -0.05) is 37.3 Å². The molecule has 132 valence electrons. The zero-order valence-corrected chi connectivity index (χ0v) is 15.1. The molecule has 0 aliphatic carbocycles. The Morgan fingerprint density at radius 2 is 2.12 bits per heavy atom. The van der Waals surface area contributed by atoms with Gasteiger partial charge in [-0.25, -0.2) is 0 Å². The Morgan fingerprint density at radius 3 is 2.79 bits per heavy atom. The molecule has 0 radical (unpaired) electrons. The third kappa shape index (κ3) is 4.29. The molecule has 3 atom stereocenters. The van der Waals surface area contributed by atoms with Gasteiger partial charge >= 0.3 is 0 Å². The van der Waals surface area contributed by atoms with Gasteiger partial charge in [0.2, 0.25) is 0 Å². The number of ether oxygens (including phenoxy) is 1. The van der Waals surface area contributed by atoms with Crippen molar-refractivity contribution < 1.29 is 4.74 Å². The quantitative estimate of drug-likeness (QED) is 0.680. The van der Waals surface area contributed by atoms with E-state index in [-0.39, 0.29) is 0 Å². The van der Waals surface area contributed by atoms with Crippen LogP contribution in [0.5, 0.6) is 0 Å². The van der Waals surface area contributed by atoms with Crippen molar-refractivity contribution in [2.24, 2.45) is 10.9 Å². The number of guanidine groups is 1. The van der Waals surface area contributed by atoms with E-state index in [1.807, 2.05) is 7.05 Å². The first kappa shape index (κ1) is 17.3. The predicted octanol–water partition coefficient (Wildman–Crippen LogP) is 3.26. The maximum absolute atomic E-state index is 5.70. The molecule has 2 aliphatic heterocycles. The summed E-state index contributed by atoms with van der Waals surface area (Å²) >= 11 is 0. The maximum Gasteiger partial charge on any atom is 0.193 e. The molecular formula is C20H31N3O. The summed E-state index contributed by atoms with van der Waals surface area (Å²) in [5.74, 6) is 2.34. The molecule has 2 saturated heterocycles. The van der Waals surface area contributed by atoms with Crippen LogP contribution in [-0.4, -0.2) is 50.3 Å². The molecule has 1 aromatic rings. The summed E-state index contributed by atoms with van der Waals surface area (Å²) in [6.07, 6.45) is 5.13. The Labute approximate surface area is 146 Å². The van der Waals surface area contributed by atoms with E-state index in [0.717, 1.165) is 38.6 Å². The highest BCUT2D eigenvalue weighted by Gasteiger charge is 2.28. The largest absolute Gasteiger partial charge is 0.378 e. The number of likely N-dealkylation sites (tertiary alicyclic amines) is 1. The summed E-state index contributed by atoms with van der Waals surface area (Å²) < 4.78 is 5.70. The minimum atomic E-state index is 0.443. The van der Waals surface area contributed by atoms with Crippen molar-refractivity contribution in [2.45, 2.75) is 44.6 Å². The number of hydrogen-bond acceptors (Lipinski definition) is 2. The fourth-order valence-corrected chi connectivity index (χ4v) is 4.08. The van der Waals surface area contributed by atoms with E-state index in [0.29, 0.717) is 17.9 Å². The number of nitrogens with one attached hydrogen (secondary N) is 1. The van der Waals surface area contributed by atoms with Gasteiger partial charge in [-0.3, -0.25) is 4.99 Å². The molecule has 4 nitrogen and oxygen atoms in total. The highest BCUT2D eigenvalue weighted by molar-refractivity contribution is 5.80. The van der Waals surface area contributed by atoms with Gasteiger partial charge < -0.3 is 15.0 Å². The normalized spacial score (nSPS) is 28.2. The first-order valence-electron chi connectivity index (χ1n) is 9.40. The van der Waals surface area contributed by atoms with Crippen molar-refractivity contribution in [1.82, 2.24) is 10.2 Å². The second-order valence-electron chi connectivity index (χ2n) is 7.13. The Hall–Kier alpha value is -1.55. The molecule has 1 aromatic carbocycles. The monoisotopic (exact) mass is 329 g/mol. The molecule has 4 heteroatoms. The van der Waals surface area contributed by atoms with Crippen molar-refractivity contribution in [1.29, 1.82) is 0 Å². The van der Waals surface area contributed by atoms with Crippen LogP contribution in [-0.2, 0) is 4.74 Å². The zero-order valence-electron chi connectivity index (χ0n) is 15.1. The van der Waals surface area contributed by atoms with E-state index in [4.69, 9.17) is 4.74 Å². The molecule has 0 amide bonds. The SMILES string of the molecule is CN=C(NCCC1CCCO1)N1CCC(c2ccccc2)C(C)C1. The predicted molar refractivity (Wildman–Crippen MR) is 99.5 cm³/mol. The van der Waals surface area contributed by atoms with Crippen LogP contribution < -0.4 is 5.32 Å². The van der Waals surface area contributed by atoms with Crippen molar-refractivity contribution in [3.8, 4) is 0 Å². The van der Waals surface area contributed by atoms with Gasteiger partial charge in [-0.15, -0.1) is 0 Å². The first-order valence-corrected chi connectivity index (χ1v) is 9.40. The summed E-state index contributed by atoms with van der Waals surface area (Å²) in [6, 6.07) is 10.9. The minimum absolute atomic E-state index is 0.443. The van der Waals surface area contributed by atoms with Crippen molar-refractivity contribution >= 4 is 5.96 Å². The van der Waals surface area contributed by atoms with Gasteiger partial charge in [0.05, 0.1) is 6.10 Å². The molecule has 1 N–H and O–H groups in total. The Morgan fingerprint density at radius 1 is 1.29 bits per heavy atom. The van der Waals surface area contributed by atoms with Crippen LogP contribution >= 0.6 is 0 Å². The second kappa shape index (κ2) is 8.52. The van der Waals surface area contributed by atoms with E-state index in [2.05, 4.69) is 52.5 Å². The molecule has 3 unspecified atom stereocenters. The number of aliphatic imine (C=N–C) groups is 1. The first-order chi connectivity index (χ1) is 11.8. The van der Waals surface area contributed by atoms with Gasteiger partial charge in [0, 0.05) is 33.3 Å². The summed E-state index contributed by atoms with van der Waals surface area (Å²) in [5, 5.41) is 3.54. The van der Waals surface area contributed by atoms with Crippen LogP contribution in [0, 0.1) is 5.92 Å². The van der Waals surface area contributed by atoms with Gasteiger partial charge in [-0.05, 0) is 43.1 Å². The van der Waals surface area contributed by atoms with Crippen LogP contribution in [0.15, 0.2) is 35.3 Å². The maximum atomic E-state index is 5.70. The number of nitrogens with zero attached hydrogens (tertiary/aromatic N) is 2. The van der Waals surface area contributed by atoms with Gasteiger partial charge in [0.25, 0.3) is 0 Å². The van der Waals surface area contributed by atoms with E-state index < -0.39 is 0 Å². The third-order valence-corrected chi connectivity index (χ3v) is 5.42. The van der Waals surface area contributed by atoms with E-state index in [1.165, 1.54) is 24.8 Å². The molecule has 0 aromatic heterocycles. The molecule has 0 spiro atoms. The molecule has 3 rings (SSSR count). The van der Waals surface area contributed by atoms with Crippen molar-refractivity contribution in [3.63, 3.8) is 0 Å². The van der Waals surface area contributed by atoms with E-state index in [9.17, 15) is 0 Å². The Bertz CT molecular complexity index is 525. The van der Waals surface area contributed by atoms with E-state index >= 15 is 0 Å². The molecule has 0 saturated carbocycles. The highest BCUT2D eigenvalue weighted by Crippen LogP contribution is 2.32. The van der Waals surface area contributed by atoms with Crippen LogP contribution in [0.25, 0.3) is 0 Å². The molecule has 24 heavy (non-hydrogen) atoms. The van der Waals surface area contributed by atoms with Crippen molar-refractivity contribution in [2.75, 3.05) is 33.3 Å². The third-order valence-electron chi connectivity index (χ3n) is 5.42. The fraction of sp³-hybridized carbons (Fsp3) is 0.650. The average Bonchev–Trinajstić information content (AvgIpc) is 3.13. The number of benzene rings is 1. The fourth-order valence-electron chi connectivity index (χ4n) is 4.08. The highest BCUT2D eigenvalue weighted by atomic mass is 16.5. The molecule has 2 aliphatic rings. The summed E-state index contributed by atoms with van der Waals surface area (Å²) in [5.41, 5.74) is 1.48. The lowest BCUT2D eigenvalue weighted by Gasteiger charge is -2.39. The second-order valence-corrected chi connectivity index (χ2v) is 7.13. The lowest BCUT2D eigenvalue weighted by Crippen LogP contribution is -2.48. The van der Waals surface area contributed by atoms with E-state index in [1.54, 1.807) is 0 Å². The molecular weight excluding hydrogens is 298 g/mol. The Balaban J connectivity index is 1.49. The topological polar surface area (TPSA) is 36.9 Å². The smallest absolute Gasteiger partial charge is 0.193 e. The molecule has 0 bridgehead atoms. The van der Waals surface area contributed by atoms with Crippen LogP contribution in [0.4, 0.5) is 0 Å². The van der Waals surface area contributed by atoms with Crippen LogP contribution in [0.3, 0.4) is 0 Å². The summed E-state index contributed by atoms with van der Waals surface area (Å²) in [6.45, 7) is 6.39. The zero-order chi connectivity index (χ0) is 16.8. The average molecular weight is 329 g/mol. The number of hydrogen-bond donors (Lipinski definition) is 1. The minimum Gasteiger partial charge on any atom is -0.378 e. The van der Waals surface area contributed by atoms with Gasteiger partial charge in [0.15, 0.2) is 5.96 Å². The summed E-state index contributed by atoms with van der Waals surface area (Å²) in [7, 11) is 1.89. The van der Waals surface area contributed by atoms with Crippen LogP contribution in [0.1, 0.15) is 44.1 Å². The van der Waals surface area contributed by atoms with Crippen LogP contribution in [0.2, 0.25) is 0 Å². The molecule has 2 heterocycles. The lowest BCUT2D eigenvalue weighted by molar-refractivity contribution is 0.105. The lowest BCUT2D eigenvalue weighted by atomic mass is 9.82.